The Kier molecular flexibility index (Phi) is 2.60. The van der Waals surface area contributed by atoms with Gasteiger partial charge in [-0.3, -0.25) is 4.98 Å². The van der Waals surface area contributed by atoms with Crippen LogP contribution >= 0.6 is 0 Å². The van der Waals surface area contributed by atoms with Gasteiger partial charge in [0.15, 0.2) is 0 Å². The molecule has 1 aliphatic heterocycles. The molecule has 6 heteroatoms. The maximum Gasteiger partial charge on any atom is 0.407 e. The van der Waals surface area contributed by atoms with Gasteiger partial charge in [0.25, 0.3) is 0 Å². The molecule has 0 saturated heterocycles. The number of aromatic nitrogens is 1. The number of hydrogen-bond donors (Lipinski definition) is 1. The summed E-state index contributed by atoms with van der Waals surface area (Å²) in [6, 6.07) is 1.97. The van der Waals surface area contributed by atoms with Gasteiger partial charge in [-0.25, -0.2) is 4.79 Å². The Morgan fingerprint density at radius 2 is 2.44 bits per heavy atom. The first-order chi connectivity index (χ1) is 7.72. The Morgan fingerprint density at radius 3 is 3.12 bits per heavy atom. The highest BCUT2D eigenvalue weighted by Crippen LogP contribution is 2.25. The van der Waals surface area contributed by atoms with E-state index in [1.165, 1.54) is 17.3 Å². The van der Waals surface area contributed by atoms with E-state index < -0.39 is 6.09 Å². The van der Waals surface area contributed by atoms with Gasteiger partial charge in [0, 0.05) is 18.0 Å². The lowest BCUT2D eigenvalue weighted by Gasteiger charge is -2.14. The minimum atomic E-state index is -1.00. The molecule has 0 bridgehead atoms. The minimum absolute atomic E-state index is 0.202. The number of rotatable bonds is 0. The second-order valence-electron chi connectivity index (χ2n) is 3.34. The summed E-state index contributed by atoms with van der Waals surface area (Å²) in [5, 5.41) is 17.8. The fourth-order valence-corrected chi connectivity index (χ4v) is 1.56. The molecule has 6 nitrogen and oxygen atoms in total. The van der Waals surface area contributed by atoms with Gasteiger partial charge in [-0.15, -0.1) is 0 Å². The molecular weight excluding hydrogens is 210 g/mol. The van der Waals surface area contributed by atoms with Crippen molar-refractivity contribution >= 4 is 6.09 Å². The molecule has 2 heterocycles. The zero-order valence-electron chi connectivity index (χ0n) is 8.38. The lowest BCUT2D eigenvalue weighted by atomic mass is 10.2. The Bertz CT molecular complexity index is 467. The average Bonchev–Trinajstić information content (AvgIpc) is 2.50. The van der Waals surface area contributed by atoms with Crippen molar-refractivity contribution in [3.8, 4) is 11.8 Å². The predicted molar refractivity (Wildman–Crippen MR) is 52.9 cm³/mol. The second-order valence-corrected chi connectivity index (χ2v) is 3.34. The van der Waals surface area contributed by atoms with Crippen molar-refractivity contribution in [3.05, 3.63) is 23.5 Å². The van der Waals surface area contributed by atoms with Crippen LogP contribution in [0.25, 0.3) is 0 Å². The van der Waals surface area contributed by atoms with Gasteiger partial charge in [0.2, 0.25) is 0 Å². The number of pyridine rings is 1. The molecule has 1 aromatic heterocycles. The van der Waals surface area contributed by atoms with E-state index in [4.69, 9.17) is 15.1 Å². The monoisotopic (exact) mass is 219 g/mol. The Morgan fingerprint density at radius 1 is 1.62 bits per heavy atom. The second kappa shape index (κ2) is 4.06. The SMILES string of the molecule is N#Cc1cncc2c1OCCN(C(=O)O)C2. The van der Waals surface area contributed by atoms with Gasteiger partial charge < -0.3 is 14.7 Å². The lowest BCUT2D eigenvalue weighted by molar-refractivity contribution is 0.138. The summed E-state index contributed by atoms with van der Waals surface area (Å²) >= 11 is 0. The number of nitrogens with zero attached hydrogens (tertiary/aromatic N) is 3. The summed E-state index contributed by atoms with van der Waals surface area (Å²) < 4.78 is 5.38. The fourth-order valence-electron chi connectivity index (χ4n) is 1.56. The molecule has 0 saturated carbocycles. The molecule has 1 N–H and O–H groups in total. The zero-order valence-corrected chi connectivity index (χ0v) is 8.38. The van der Waals surface area contributed by atoms with E-state index in [9.17, 15) is 4.79 Å². The molecule has 1 aliphatic rings. The van der Waals surface area contributed by atoms with Crippen LogP contribution < -0.4 is 4.74 Å². The van der Waals surface area contributed by atoms with E-state index >= 15 is 0 Å². The van der Waals surface area contributed by atoms with Crippen molar-refractivity contribution in [2.75, 3.05) is 13.2 Å². The lowest BCUT2D eigenvalue weighted by Crippen LogP contribution is -2.30. The van der Waals surface area contributed by atoms with Crippen LogP contribution in [0.15, 0.2) is 12.4 Å². The van der Waals surface area contributed by atoms with Crippen molar-refractivity contribution in [2.24, 2.45) is 0 Å². The number of fused-ring (bicyclic) bond motifs is 1. The van der Waals surface area contributed by atoms with Gasteiger partial charge in [0.1, 0.15) is 24.0 Å². The van der Waals surface area contributed by atoms with Crippen LogP contribution in [0.1, 0.15) is 11.1 Å². The number of amides is 1. The minimum Gasteiger partial charge on any atom is -0.490 e. The van der Waals surface area contributed by atoms with Crippen molar-refractivity contribution in [1.29, 1.82) is 5.26 Å². The predicted octanol–water partition coefficient (Wildman–Crippen LogP) is 0.826. The number of ether oxygens (including phenoxy) is 1. The molecule has 1 amide bonds. The third-order valence-electron chi connectivity index (χ3n) is 2.33. The first kappa shape index (κ1) is 10.2. The van der Waals surface area contributed by atoms with Gasteiger partial charge in [-0.05, 0) is 0 Å². The van der Waals surface area contributed by atoms with Crippen molar-refractivity contribution in [2.45, 2.75) is 6.54 Å². The highest BCUT2D eigenvalue weighted by molar-refractivity contribution is 5.65. The first-order valence-corrected chi connectivity index (χ1v) is 4.70. The molecule has 16 heavy (non-hydrogen) atoms. The number of carbonyl (C=O) groups is 1. The fraction of sp³-hybridized carbons (Fsp3) is 0.300. The van der Waals surface area contributed by atoms with Crippen LogP contribution in [0.2, 0.25) is 0 Å². The van der Waals surface area contributed by atoms with E-state index in [1.54, 1.807) is 0 Å². The van der Waals surface area contributed by atoms with Crippen molar-refractivity contribution < 1.29 is 14.6 Å². The maximum atomic E-state index is 10.9. The summed E-state index contributed by atoms with van der Waals surface area (Å²) in [6.07, 6.45) is 1.94. The van der Waals surface area contributed by atoms with Gasteiger partial charge >= 0.3 is 6.09 Å². The van der Waals surface area contributed by atoms with Crippen molar-refractivity contribution in [1.82, 2.24) is 9.88 Å². The summed E-state index contributed by atoms with van der Waals surface area (Å²) in [5.74, 6) is 0.446. The summed E-state index contributed by atoms with van der Waals surface area (Å²) in [4.78, 5) is 16.0. The van der Waals surface area contributed by atoms with E-state index in [1.807, 2.05) is 6.07 Å². The third-order valence-corrected chi connectivity index (χ3v) is 2.33. The standard InChI is InChI=1S/C10H9N3O3/c11-3-7-4-12-5-8-6-13(10(14)15)1-2-16-9(7)8/h4-5H,1-2,6H2,(H,14,15). The number of hydrogen-bond acceptors (Lipinski definition) is 4. The quantitative estimate of drug-likeness (QED) is 0.698. The van der Waals surface area contributed by atoms with Crippen LogP contribution in [-0.4, -0.2) is 34.2 Å². The molecule has 0 fully saturated rings. The smallest absolute Gasteiger partial charge is 0.407 e. The first-order valence-electron chi connectivity index (χ1n) is 4.70. The topological polar surface area (TPSA) is 86.5 Å². The molecule has 0 spiro atoms. The number of carboxylic acid groups (broad SMARTS) is 1. The largest absolute Gasteiger partial charge is 0.490 e. The van der Waals surface area contributed by atoms with E-state index in [2.05, 4.69) is 4.98 Å². The molecular formula is C10H9N3O3. The summed E-state index contributed by atoms with van der Waals surface area (Å²) in [6.45, 7) is 0.736. The van der Waals surface area contributed by atoms with Crippen LogP contribution in [0.3, 0.4) is 0 Å². The summed E-state index contributed by atoms with van der Waals surface area (Å²) in [7, 11) is 0. The average molecular weight is 219 g/mol. The Hall–Kier alpha value is -2.29. The maximum absolute atomic E-state index is 10.9. The van der Waals surface area contributed by atoms with Crippen LogP contribution in [0, 0.1) is 11.3 Å². The van der Waals surface area contributed by atoms with Crippen molar-refractivity contribution in [3.63, 3.8) is 0 Å². The summed E-state index contributed by atoms with van der Waals surface area (Å²) in [5.41, 5.74) is 0.962. The van der Waals surface area contributed by atoms with Crippen LogP contribution in [-0.2, 0) is 6.54 Å². The Labute approximate surface area is 91.7 Å². The van der Waals surface area contributed by atoms with E-state index in [0.29, 0.717) is 16.9 Å². The van der Waals surface area contributed by atoms with Gasteiger partial charge in [-0.2, -0.15) is 5.26 Å². The van der Waals surface area contributed by atoms with Gasteiger partial charge in [-0.1, -0.05) is 0 Å². The van der Waals surface area contributed by atoms with E-state index in [0.717, 1.165) is 0 Å². The molecule has 0 radical (unpaired) electrons. The normalized spacial score (nSPS) is 14.3. The highest BCUT2D eigenvalue weighted by atomic mass is 16.5. The third kappa shape index (κ3) is 1.75. The molecule has 0 aliphatic carbocycles. The van der Waals surface area contributed by atoms with E-state index in [-0.39, 0.29) is 19.7 Å². The highest BCUT2D eigenvalue weighted by Gasteiger charge is 2.21. The Balaban J connectivity index is 2.39. The molecule has 1 aromatic rings. The number of nitriles is 1. The zero-order chi connectivity index (χ0) is 11.5. The molecule has 2 rings (SSSR count). The van der Waals surface area contributed by atoms with Gasteiger partial charge in [0.05, 0.1) is 13.1 Å². The van der Waals surface area contributed by atoms with Crippen LogP contribution in [0.4, 0.5) is 4.79 Å². The van der Waals surface area contributed by atoms with Crippen LogP contribution in [0.5, 0.6) is 5.75 Å². The molecule has 0 unspecified atom stereocenters. The molecule has 82 valence electrons. The molecule has 0 aromatic carbocycles. The molecule has 0 atom stereocenters.